The van der Waals surface area contributed by atoms with Crippen molar-refractivity contribution in [3.8, 4) is 22.0 Å². The summed E-state index contributed by atoms with van der Waals surface area (Å²) in [5.74, 6) is -0.183. The molecule has 3 N–H and O–H groups in total. The molecule has 3 rings (SSSR count). The maximum atomic E-state index is 12.2. The number of thiophene rings is 1. The smallest absolute Gasteiger partial charge is 0.340 e. The van der Waals surface area contributed by atoms with Gasteiger partial charge in [-0.25, -0.2) is 14.8 Å². The van der Waals surface area contributed by atoms with E-state index in [0.29, 0.717) is 23.6 Å². The highest BCUT2D eigenvalue weighted by molar-refractivity contribution is 7.13. The monoisotopic (exact) mass is 314 g/mol. The van der Waals surface area contributed by atoms with E-state index in [1.165, 1.54) is 0 Å². The quantitative estimate of drug-likeness (QED) is 0.722. The van der Waals surface area contributed by atoms with Crippen LogP contribution in [-0.4, -0.2) is 27.5 Å². The van der Waals surface area contributed by atoms with Crippen molar-refractivity contribution in [1.82, 2.24) is 15.0 Å². The fraction of sp³-hybridized carbons (Fsp3) is 0.133. The van der Waals surface area contributed by atoms with Gasteiger partial charge in [-0.05, 0) is 30.5 Å². The van der Waals surface area contributed by atoms with Crippen molar-refractivity contribution in [2.24, 2.45) is 0 Å². The Morgan fingerprint density at radius 2 is 2.32 bits per heavy atom. The van der Waals surface area contributed by atoms with Crippen LogP contribution in [-0.2, 0) is 4.74 Å². The first-order valence-electron chi connectivity index (χ1n) is 6.72. The lowest BCUT2D eigenvalue weighted by molar-refractivity contribution is 0.0527. The van der Waals surface area contributed by atoms with Crippen LogP contribution >= 0.6 is 11.3 Å². The number of esters is 1. The molecular formula is C15H14N4O2S. The number of hydrogen-bond acceptors (Lipinski definition) is 6. The van der Waals surface area contributed by atoms with Crippen LogP contribution in [0.3, 0.4) is 0 Å². The number of nitrogens with two attached hydrogens (primary N) is 1. The summed E-state index contributed by atoms with van der Waals surface area (Å²) in [7, 11) is 0. The summed E-state index contributed by atoms with van der Waals surface area (Å²) in [4.78, 5) is 24.4. The van der Waals surface area contributed by atoms with Gasteiger partial charge in [0.1, 0.15) is 0 Å². The number of anilines is 1. The fourth-order valence-corrected chi connectivity index (χ4v) is 2.84. The summed E-state index contributed by atoms with van der Waals surface area (Å²) in [5, 5.41) is 1.95. The van der Waals surface area contributed by atoms with Gasteiger partial charge >= 0.3 is 5.97 Å². The van der Waals surface area contributed by atoms with Gasteiger partial charge in [-0.1, -0.05) is 6.07 Å². The van der Waals surface area contributed by atoms with E-state index in [2.05, 4.69) is 15.0 Å². The first-order chi connectivity index (χ1) is 10.7. The number of H-pyrrole nitrogens is 1. The lowest BCUT2D eigenvalue weighted by Gasteiger charge is -2.01. The predicted octanol–water partition coefficient (Wildman–Crippen LogP) is 2.96. The molecule has 3 aromatic heterocycles. The van der Waals surface area contributed by atoms with E-state index in [-0.39, 0.29) is 11.9 Å². The molecule has 6 nitrogen and oxygen atoms in total. The molecule has 0 atom stereocenters. The molecule has 0 unspecified atom stereocenters. The number of aromatic amines is 1. The Kier molecular flexibility index (Phi) is 3.88. The second-order valence-corrected chi connectivity index (χ2v) is 5.42. The van der Waals surface area contributed by atoms with Crippen molar-refractivity contribution in [1.29, 1.82) is 0 Å². The standard InChI is InChI=1S/C15H14N4O2S/c1-2-21-14(20)9-8-11(10-5-6-17-15(16)19-10)18-13(9)12-4-3-7-22-12/h3-8,18H,2H2,1H3,(H2,16,17,19). The van der Waals surface area contributed by atoms with Gasteiger partial charge < -0.3 is 15.5 Å². The summed E-state index contributed by atoms with van der Waals surface area (Å²) in [6.45, 7) is 2.10. The Hall–Kier alpha value is -2.67. The van der Waals surface area contributed by atoms with Crippen molar-refractivity contribution in [3.05, 3.63) is 41.4 Å². The van der Waals surface area contributed by atoms with Gasteiger partial charge in [-0.2, -0.15) is 0 Å². The first kappa shape index (κ1) is 14.3. The molecule has 0 fully saturated rings. The second kappa shape index (κ2) is 5.98. The normalized spacial score (nSPS) is 10.6. The molecule has 0 aliphatic rings. The molecular weight excluding hydrogens is 300 g/mol. The van der Waals surface area contributed by atoms with Gasteiger partial charge in [-0.15, -0.1) is 11.3 Å². The van der Waals surface area contributed by atoms with Crippen LogP contribution in [0.15, 0.2) is 35.8 Å². The van der Waals surface area contributed by atoms with Crippen molar-refractivity contribution in [2.45, 2.75) is 6.92 Å². The zero-order chi connectivity index (χ0) is 15.5. The molecule has 0 aromatic carbocycles. The van der Waals surface area contributed by atoms with Crippen LogP contribution in [0.25, 0.3) is 22.0 Å². The average molecular weight is 314 g/mol. The highest BCUT2D eigenvalue weighted by Crippen LogP contribution is 2.31. The van der Waals surface area contributed by atoms with Gasteiger partial charge in [0.15, 0.2) is 0 Å². The van der Waals surface area contributed by atoms with Gasteiger partial charge in [0, 0.05) is 6.20 Å². The lowest BCUT2D eigenvalue weighted by atomic mass is 10.2. The molecule has 112 valence electrons. The van der Waals surface area contributed by atoms with E-state index in [0.717, 1.165) is 10.6 Å². The van der Waals surface area contributed by atoms with E-state index >= 15 is 0 Å². The molecule has 0 amide bonds. The third-order valence-corrected chi connectivity index (χ3v) is 3.92. The SMILES string of the molecule is CCOC(=O)c1cc(-c2ccnc(N)n2)[nH]c1-c1cccs1. The highest BCUT2D eigenvalue weighted by Gasteiger charge is 2.19. The van der Waals surface area contributed by atoms with Gasteiger partial charge in [0.05, 0.1) is 34.1 Å². The highest BCUT2D eigenvalue weighted by atomic mass is 32.1. The minimum atomic E-state index is -0.365. The van der Waals surface area contributed by atoms with E-state index in [1.54, 1.807) is 36.6 Å². The molecule has 0 aliphatic carbocycles. The molecule has 0 saturated heterocycles. The Morgan fingerprint density at radius 1 is 1.45 bits per heavy atom. The molecule has 0 saturated carbocycles. The molecule has 3 aromatic rings. The third kappa shape index (κ3) is 2.71. The molecule has 7 heteroatoms. The Bertz CT molecular complexity index is 796. The third-order valence-electron chi connectivity index (χ3n) is 3.03. The minimum Gasteiger partial charge on any atom is -0.462 e. The number of rotatable bonds is 4. The number of nitrogens with zero attached hydrogens (tertiary/aromatic N) is 2. The maximum absolute atomic E-state index is 12.2. The number of nitrogens with one attached hydrogen (secondary N) is 1. The van der Waals surface area contributed by atoms with Crippen LogP contribution in [0.1, 0.15) is 17.3 Å². The van der Waals surface area contributed by atoms with E-state index in [9.17, 15) is 4.79 Å². The minimum absolute atomic E-state index is 0.183. The zero-order valence-electron chi connectivity index (χ0n) is 11.9. The van der Waals surface area contributed by atoms with Crippen molar-refractivity contribution in [2.75, 3.05) is 12.3 Å². The first-order valence-corrected chi connectivity index (χ1v) is 7.60. The molecule has 0 aliphatic heterocycles. The molecule has 0 bridgehead atoms. The number of nitrogen functional groups attached to an aromatic ring is 1. The molecule has 0 radical (unpaired) electrons. The van der Waals surface area contributed by atoms with Crippen LogP contribution < -0.4 is 5.73 Å². The summed E-state index contributed by atoms with van der Waals surface area (Å²) in [6, 6.07) is 7.33. The Balaban J connectivity index is 2.10. The number of carbonyl (C=O) groups is 1. The van der Waals surface area contributed by atoms with Crippen LogP contribution in [0, 0.1) is 0 Å². The Morgan fingerprint density at radius 3 is 3.00 bits per heavy atom. The van der Waals surface area contributed by atoms with E-state index < -0.39 is 0 Å². The summed E-state index contributed by atoms with van der Waals surface area (Å²) >= 11 is 1.54. The molecule has 3 heterocycles. The number of aromatic nitrogens is 3. The van der Waals surface area contributed by atoms with Crippen LogP contribution in [0.2, 0.25) is 0 Å². The summed E-state index contributed by atoms with van der Waals surface area (Å²) in [5.41, 5.74) is 8.14. The average Bonchev–Trinajstić information content (AvgIpc) is 3.17. The van der Waals surface area contributed by atoms with Gasteiger partial charge in [-0.3, -0.25) is 0 Å². The second-order valence-electron chi connectivity index (χ2n) is 4.47. The number of carbonyl (C=O) groups excluding carboxylic acids is 1. The molecule has 22 heavy (non-hydrogen) atoms. The van der Waals surface area contributed by atoms with Crippen molar-refractivity contribution < 1.29 is 9.53 Å². The lowest BCUT2D eigenvalue weighted by Crippen LogP contribution is -2.04. The van der Waals surface area contributed by atoms with Crippen LogP contribution in [0.5, 0.6) is 0 Å². The van der Waals surface area contributed by atoms with Crippen molar-refractivity contribution >= 4 is 23.3 Å². The summed E-state index contributed by atoms with van der Waals surface area (Å²) < 4.78 is 5.13. The maximum Gasteiger partial charge on any atom is 0.340 e. The topological polar surface area (TPSA) is 93.9 Å². The largest absolute Gasteiger partial charge is 0.462 e. The number of ether oxygens (including phenoxy) is 1. The summed E-state index contributed by atoms with van der Waals surface area (Å²) in [6.07, 6.45) is 1.58. The predicted molar refractivity (Wildman–Crippen MR) is 85.5 cm³/mol. The fourth-order valence-electron chi connectivity index (χ4n) is 2.10. The van der Waals surface area contributed by atoms with Gasteiger partial charge in [0.25, 0.3) is 0 Å². The Labute approximate surface area is 131 Å². The number of hydrogen-bond donors (Lipinski definition) is 2. The van der Waals surface area contributed by atoms with E-state index in [4.69, 9.17) is 10.5 Å². The van der Waals surface area contributed by atoms with E-state index in [1.807, 2.05) is 17.5 Å². The van der Waals surface area contributed by atoms with Crippen LogP contribution in [0.4, 0.5) is 5.95 Å². The van der Waals surface area contributed by atoms with Crippen molar-refractivity contribution in [3.63, 3.8) is 0 Å². The molecule has 0 spiro atoms. The zero-order valence-corrected chi connectivity index (χ0v) is 12.7. The van der Waals surface area contributed by atoms with Gasteiger partial charge in [0.2, 0.25) is 5.95 Å².